The average Bonchev–Trinajstić information content (AvgIpc) is 2.70. The fourth-order valence-electron chi connectivity index (χ4n) is 2.10. The number of carbonyl (C=O) groups excluding carboxylic acids is 1. The van der Waals surface area contributed by atoms with Gasteiger partial charge in [0.05, 0.1) is 6.20 Å². The molecule has 1 heterocycles. The molecule has 0 radical (unpaired) electrons. The summed E-state index contributed by atoms with van der Waals surface area (Å²) in [5, 5.41) is 15.9. The highest BCUT2D eigenvalue weighted by atomic mass is 16.4. The van der Waals surface area contributed by atoms with Gasteiger partial charge in [0.2, 0.25) is 5.91 Å². The van der Waals surface area contributed by atoms with E-state index in [1.165, 1.54) is 4.90 Å². The summed E-state index contributed by atoms with van der Waals surface area (Å²) in [6.07, 6.45) is 2.54. The Morgan fingerprint density at radius 3 is 2.53 bits per heavy atom. The highest BCUT2D eigenvalue weighted by Crippen LogP contribution is 2.13. The third-order valence-electron chi connectivity index (χ3n) is 3.24. The minimum Gasteiger partial charge on any atom is -0.480 e. The van der Waals surface area contributed by atoms with Crippen LogP contribution in [0.5, 0.6) is 0 Å². The number of amides is 1. The van der Waals surface area contributed by atoms with Gasteiger partial charge in [-0.1, -0.05) is 13.8 Å². The monoisotopic (exact) mass is 267 g/mol. The Balaban J connectivity index is 2.62. The average molecular weight is 267 g/mol. The Hall–Kier alpha value is -1.85. The number of carbonyl (C=O) groups is 2. The maximum absolute atomic E-state index is 12.0. The summed E-state index contributed by atoms with van der Waals surface area (Å²) in [4.78, 5) is 24.5. The van der Waals surface area contributed by atoms with Gasteiger partial charge in [0, 0.05) is 19.2 Å². The number of aryl methyl sites for hydroxylation is 2. The third-order valence-corrected chi connectivity index (χ3v) is 3.24. The molecule has 1 aromatic heterocycles. The molecule has 1 amide bonds. The summed E-state index contributed by atoms with van der Waals surface area (Å²) >= 11 is 0. The van der Waals surface area contributed by atoms with Gasteiger partial charge in [0.1, 0.15) is 6.04 Å². The molecular formula is C13H21N3O3. The summed E-state index contributed by atoms with van der Waals surface area (Å²) in [5.41, 5.74) is 1.92. The summed E-state index contributed by atoms with van der Waals surface area (Å²) in [6.45, 7) is 5.48. The summed E-state index contributed by atoms with van der Waals surface area (Å²) < 4.78 is 0. The molecule has 0 fully saturated rings. The van der Waals surface area contributed by atoms with Crippen molar-refractivity contribution in [1.82, 2.24) is 15.1 Å². The van der Waals surface area contributed by atoms with Crippen LogP contribution in [0.1, 0.15) is 31.5 Å². The van der Waals surface area contributed by atoms with Gasteiger partial charge in [-0.15, -0.1) is 0 Å². The van der Waals surface area contributed by atoms with E-state index in [1.54, 1.807) is 27.1 Å². The molecule has 0 aliphatic carbocycles. The first-order valence-corrected chi connectivity index (χ1v) is 6.32. The number of rotatable bonds is 6. The van der Waals surface area contributed by atoms with Crippen LogP contribution in [0.15, 0.2) is 6.20 Å². The number of aromatic amines is 1. The smallest absolute Gasteiger partial charge is 0.326 e. The van der Waals surface area contributed by atoms with Gasteiger partial charge >= 0.3 is 5.97 Å². The normalized spacial score (nSPS) is 12.5. The number of hydrogen-bond acceptors (Lipinski definition) is 3. The van der Waals surface area contributed by atoms with E-state index in [9.17, 15) is 9.59 Å². The van der Waals surface area contributed by atoms with E-state index in [-0.39, 0.29) is 18.2 Å². The van der Waals surface area contributed by atoms with Gasteiger partial charge in [0.15, 0.2) is 0 Å². The second kappa shape index (κ2) is 6.36. The maximum atomic E-state index is 12.0. The molecule has 2 N–H and O–H groups in total. The van der Waals surface area contributed by atoms with Crippen LogP contribution in [-0.4, -0.2) is 45.2 Å². The molecule has 0 aliphatic rings. The molecule has 0 saturated carbocycles. The van der Waals surface area contributed by atoms with Crippen molar-refractivity contribution in [2.45, 2.75) is 39.7 Å². The van der Waals surface area contributed by atoms with Crippen LogP contribution in [0.25, 0.3) is 0 Å². The summed E-state index contributed by atoms with van der Waals surface area (Å²) in [5.74, 6) is -1.26. The lowest BCUT2D eigenvalue weighted by Crippen LogP contribution is -2.45. The predicted molar refractivity (Wildman–Crippen MR) is 70.7 cm³/mol. The molecule has 1 rings (SSSR count). The van der Waals surface area contributed by atoms with E-state index in [2.05, 4.69) is 10.2 Å². The van der Waals surface area contributed by atoms with Crippen molar-refractivity contribution >= 4 is 11.9 Å². The van der Waals surface area contributed by atoms with E-state index >= 15 is 0 Å². The molecule has 1 aromatic rings. The molecule has 106 valence electrons. The Labute approximate surface area is 112 Å². The molecule has 0 aromatic carbocycles. The molecule has 0 spiro atoms. The highest BCUT2D eigenvalue weighted by molar-refractivity contribution is 5.83. The zero-order valence-electron chi connectivity index (χ0n) is 11.8. The van der Waals surface area contributed by atoms with E-state index in [0.717, 1.165) is 11.3 Å². The topological polar surface area (TPSA) is 86.3 Å². The van der Waals surface area contributed by atoms with E-state index in [4.69, 9.17) is 5.11 Å². The van der Waals surface area contributed by atoms with Gasteiger partial charge in [-0.2, -0.15) is 5.10 Å². The lowest BCUT2D eigenvalue weighted by atomic mass is 10.0. The zero-order valence-corrected chi connectivity index (χ0v) is 11.8. The van der Waals surface area contributed by atoms with Crippen LogP contribution in [0, 0.1) is 12.8 Å². The van der Waals surface area contributed by atoms with Gasteiger partial charge < -0.3 is 10.0 Å². The van der Waals surface area contributed by atoms with Crippen LogP contribution >= 0.6 is 0 Å². The summed E-state index contributed by atoms with van der Waals surface area (Å²) in [7, 11) is 1.54. The first-order chi connectivity index (χ1) is 8.84. The van der Waals surface area contributed by atoms with Crippen molar-refractivity contribution in [3.05, 3.63) is 17.5 Å². The summed E-state index contributed by atoms with van der Waals surface area (Å²) in [6, 6.07) is -0.780. The van der Waals surface area contributed by atoms with Crippen molar-refractivity contribution < 1.29 is 14.7 Å². The SMILES string of the molecule is Cc1[nH]ncc1CCC(=O)N(C)C(C(=O)O)C(C)C. The standard InChI is InChI=1S/C13H21N3O3/c1-8(2)12(13(18)19)16(4)11(17)6-5-10-7-14-15-9(10)3/h7-8,12H,5-6H2,1-4H3,(H,14,15)(H,18,19). The third kappa shape index (κ3) is 3.81. The van der Waals surface area contributed by atoms with Crippen molar-refractivity contribution in [2.75, 3.05) is 7.05 Å². The molecule has 19 heavy (non-hydrogen) atoms. The highest BCUT2D eigenvalue weighted by Gasteiger charge is 2.29. The van der Waals surface area contributed by atoms with Crippen molar-refractivity contribution in [3.63, 3.8) is 0 Å². The second-order valence-corrected chi connectivity index (χ2v) is 5.05. The molecular weight excluding hydrogens is 246 g/mol. The molecule has 0 bridgehead atoms. The van der Waals surface area contributed by atoms with Gasteiger partial charge in [-0.25, -0.2) is 4.79 Å². The van der Waals surface area contributed by atoms with Crippen molar-refractivity contribution in [3.8, 4) is 0 Å². The predicted octanol–water partition coefficient (Wildman–Crippen LogP) is 1.22. The van der Waals surface area contributed by atoms with Crippen LogP contribution in [-0.2, 0) is 16.0 Å². The molecule has 1 unspecified atom stereocenters. The number of H-pyrrole nitrogens is 1. The number of carboxylic acid groups (broad SMARTS) is 1. The Kier molecular flexibility index (Phi) is 5.09. The number of aliphatic carboxylic acids is 1. The molecule has 6 nitrogen and oxygen atoms in total. The van der Waals surface area contributed by atoms with Gasteiger partial charge in [0.25, 0.3) is 0 Å². The number of aromatic nitrogens is 2. The van der Waals surface area contributed by atoms with Gasteiger partial charge in [-0.05, 0) is 24.8 Å². The number of carboxylic acids is 1. The Morgan fingerprint density at radius 2 is 2.11 bits per heavy atom. The van der Waals surface area contributed by atoms with Crippen LogP contribution in [0.2, 0.25) is 0 Å². The minimum absolute atomic E-state index is 0.123. The van der Waals surface area contributed by atoms with Crippen molar-refractivity contribution in [1.29, 1.82) is 0 Å². The Morgan fingerprint density at radius 1 is 1.47 bits per heavy atom. The number of hydrogen-bond donors (Lipinski definition) is 2. The van der Waals surface area contributed by atoms with E-state index < -0.39 is 12.0 Å². The van der Waals surface area contributed by atoms with Crippen LogP contribution in [0.3, 0.4) is 0 Å². The molecule has 0 aliphatic heterocycles. The lowest BCUT2D eigenvalue weighted by Gasteiger charge is -2.27. The number of nitrogens with zero attached hydrogens (tertiary/aromatic N) is 2. The van der Waals surface area contributed by atoms with Crippen molar-refractivity contribution in [2.24, 2.45) is 5.92 Å². The van der Waals surface area contributed by atoms with Crippen LogP contribution < -0.4 is 0 Å². The number of likely N-dealkylation sites (N-methyl/N-ethyl adjacent to an activating group) is 1. The largest absolute Gasteiger partial charge is 0.480 e. The molecule has 0 saturated heterocycles. The molecule has 6 heteroatoms. The number of nitrogens with one attached hydrogen (secondary N) is 1. The first kappa shape index (κ1) is 15.2. The fourth-order valence-corrected chi connectivity index (χ4v) is 2.10. The Bertz CT molecular complexity index is 454. The maximum Gasteiger partial charge on any atom is 0.326 e. The van der Waals surface area contributed by atoms with Crippen LogP contribution in [0.4, 0.5) is 0 Å². The molecule has 1 atom stereocenters. The van der Waals surface area contributed by atoms with E-state index in [0.29, 0.717) is 6.42 Å². The quantitative estimate of drug-likeness (QED) is 0.811. The van der Waals surface area contributed by atoms with Gasteiger partial charge in [-0.3, -0.25) is 9.89 Å². The van der Waals surface area contributed by atoms with E-state index in [1.807, 2.05) is 6.92 Å². The second-order valence-electron chi connectivity index (χ2n) is 5.05. The fraction of sp³-hybridized carbons (Fsp3) is 0.615. The minimum atomic E-state index is -0.967. The zero-order chi connectivity index (χ0) is 14.6. The lowest BCUT2D eigenvalue weighted by molar-refractivity contribution is -0.150. The first-order valence-electron chi connectivity index (χ1n) is 6.32.